The van der Waals surface area contributed by atoms with Gasteiger partial charge in [0.15, 0.2) is 0 Å². The van der Waals surface area contributed by atoms with Crippen LogP contribution < -0.4 is 4.72 Å². The predicted molar refractivity (Wildman–Crippen MR) is 72.3 cm³/mol. The standard InChI is InChI=1S/C12H17N3O4S/c1-20(18,19)14-10-7-15(8-11(10)16)12(17)5-9-3-2-4-13-6-9/h2-4,6,10-11,14,16H,5,7-8H2,1H3/t10-,11-/m1/s1. The van der Waals surface area contributed by atoms with E-state index in [2.05, 4.69) is 9.71 Å². The number of aromatic nitrogens is 1. The van der Waals surface area contributed by atoms with Crippen LogP contribution in [0.2, 0.25) is 0 Å². The average molecular weight is 299 g/mol. The molecule has 1 saturated heterocycles. The second-order valence-corrected chi connectivity index (χ2v) is 6.68. The van der Waals surface area contributed by atoms with Crippen molar-refractivity contribution in [3.05, 3.63) is 30.1 Å². The molecule has 0 bridgehead atoms. The zero-order valence-electron chi connectivity index (χ0n) is 11.1. The van der Waals surface area contributed by atoms with Crippen LogP contribution in [0.15, 0.2) is 24.5 Å². The minimum absolute atomic E-state index is 0.131. The van der Waals surface area contributed by atoms with Crippen molar-refractivity contribution < 1.29 is 18.3 Å². The normalized spacial score (nSPS) is 23.0. The molecule has 1 aliphatic rings. The third-order valence-electron chi connectivity index (χ3n) is 3.09. The van der Waals surface area contributed by atoms with E-state index in [4.69, 9.17) is 0 Å². The number of rotatable bonds is 4. The Bertz CT molecular complexity index is 576. The van der Waals surface area contributed by atoms with E-state index in [1.807, 2.05) is 0 Å². The lowest BCUT2D eigenvalue weighted by Crippen LogP contribution is -2.42. The molecule has 1 aromatic rings. The van der Waals surface area contributed by atoms with Crippen molar-refractivity contribution in [1.29, 1.82) is 0 Å². The fraction of sp³-hybridized carbons (Fsp3) is 0.500. The van der Waals surface area contributed by atoms with E-state index in [1.165, 1.54) is 4.90 Å². The van der Waals surface area contributed by atoms with E-state index in [9.17, 15) is 18.3 Å². The van der Waals surface area contributed by atoms with Crippen LogP contribution in [0.1, 0.15) is 5.56 Å². The Kier molecular flexibility index (Phi) is 4.36. The summed E-state index contributed by atoms with van der Waals surface area (Å²) in [4.78, 5) is 17.5. The van der Waals surface area contributed by atoms with Gasteiger partial charge >= 0.3 is 0 Å². The van der Waals surface area contributed by atoms with Crippen molar-refractivity contribution in [3.8, 4) is 0 Å². The van der Waals surface area contributed by atoms with Gasteiger partial charge in [-0.3, -0.25) is 9.78 Å². The van der Waals surface area contributed by atoms with Gasteiger partial charge in [-0.1, -0.05) is 6.07 Å². The van der Waals surface area contributed by atoms with E-state index < -0.39 is 22.2 Å². The molecule has 2 N–H and O–H groups in total. The van der Waals surface area contributed by atoms with Crippen molar-refractivity contribution in [2.75, 3.05) is 19.3 Å². The SMILES string of the molecule is CS(=O)(=O)N[C@@H]1CN(C(=O)Cc2cccnc2)C[C@H]1O. The van der Waals surface area contributed by atoms with Gasteiger partial charge in [0.2, 0.25) is 15.9 Å². The molecule has 1 amide bonds. The summed E-state index contributed by atoms with van der Waals surface area (Å²) >= 11 is 0. The van der Waals surface area contributed by atoms with E-state index in [0.29, 0.717) is 0 Å². The topological polar surface area (TPSA) is 99.6 Å². The largest absolute Gasteiger partial charge is 0.390 e. The number of β-amino-alcohol motifs (C(OH)–C–C–N with tert-alkyl or cyclic N) is 1. The summed E-state index contributed by atoms with van der Waals surface area (Å²) < 4.78 is 24.7. The molecule has 2 heterocycles. The smallest absolute Gasteiger partial charge is 0.227 e. The summed E-state index contributed by atoms with van der Waals surface area (Å²) in [5, 5.41) is 9.80. The predicted octanol–water partition coefficient (Wildman–Crippen LogP) is -1.25. The highest BCUT2D eigenvalue weighted by Crippen LogP contribution is 2.13. The number of hydrogen-bond donors (Lipinski definition) is 2. The molecule has 0 saturated carbocycles. The Morgan fingerprint density at radius 2 is 2.30 bits per heavy atom. The van der Waals surface area contributed by atoms with Crippen LogP contribution in [0.5, 0.6) is 0 Å². The zero-order valence-corrected chi connectivity index (χ0v) is 11.9. The van der Waals surface area contributed by atoms with Crippen molar-refractivity contribution >= 4 is 15.9 Å². The zero-order chi connectivity index (χ0) is 14.8. The first-order valence-corrected chi connectivity index (χ1v) is 8.06. The fourth-order valence-corrected chi connectivity index (χ4v) is 2.95. The lowest BCUT2D eigenvalue weighted by atomic mass is 10.2. The molecule has 7 nitrogen and oxygen atoms in total. The molecular weight excluding hydrogens is 282 g/mol. The molecule has 2 rings (SSSR count). The van der Waals surface area contributed by atoms with Crippen LogP contribution in [-0.4, -0.2) is 60.8 Å². The molecule has 0 aliphatic carbocycles. The first-order valence-electron chi connectivity index (χ1n) is 6.17. The van der Waals surface area contributed by atoms with Gasteiger partial charge in [0.1, 0.15) is 0 Å². The number of amides is 1. The van der Waals surface area contributed by atoms with E-state index in [0.717, 1.165) is 11.8 Å². The molecule has 0 radical (unpaired) electrons. The lowest BCUT2D eigenvalue weighted by molar-refractivity contribution is -0.129. The van der Waals surface area contributed by atoms with Gasteiger partial charge in [-0.05, 0) is 11.6 Å². The van der Waals surface area contributed by atoms with Crippen LogP contribution in [-0.2, 0) is 21.2 Å². The minimum atomic E-state index is -3.41. The maximum atomic E-state index is 12.1. The summed E-state index contributed by atoms with van der Waals surface area (Å²) in [6.07, 6.45) is 3.56. The Balaban J connectivity index is 1.96. The van der Waals surface area contributed by atoms with Crippen LogP contribution in [0.4, 0.5) is 0 Å². The molecule has 8 heteroatoms. The Morgan fingerprint density at radius 1 is 1.55 bits per heavy atom. The lowest BCUT2D eigenvalue weighted by Gasteiger charge is -2.16. The summed E-state index contributed by atoms with van der Waals surface area (Å²) in [7, 11) is -3.41. The molecule has 0 aromatic carbocycles. The summed E-state index contributed by atoms with van der Waals surface area (Å²) in [6.45, 7) is 0.305. The second kappa shape index (κ2) is 5.86. The van der Waals surface area contributed by atoms with Gasteiger partial charge < -0.3 is 10.0 Å². The highest BCUT2D eigenvalue weighted by molar-refractivity contribution is 7.88. The highest BCUT2D eigenvalue weighted by Gasteiger charge is 2.35. The quantitative estimate of drug-likeness (QED) is 0.723. The highest BCUT2D eigenvalue weighted by atomic mass is 32.2. The van der Waals surface area contributed by atoms with E-state index in [1.54, 1.807) is 24.5 Å². The molecule has 2 atom stereocenters. The molecule has 1 aliphatic heterocycles. The number of aliphatic hydroxyl groups excluding tert-OH is 1. The summed E-state index contributed by atoms with van der Waals surface area (Å²) in [6, 6.07) is 2.89. The minimum Gasteiger partial charge on any atom is -0.390 e. The van der Waals surface area contributed by atoms with Gasteiger partial charge in [0, 0.05) is 25.5 Å². The van der Waals surface area contributed by atoms with Crippen molar-refractivity contribution in [2.24, 2.45) is 0 Å². The van der Waals surface area contributed by atoms with Crippen molar-refractivity contribution in [3.63, 3.8) is 0 Å². The van der Waals surface area contributed by atoms with E-state index in [-0.39, 0.29) is 25.4 Å². The molecule has 1 fully saturated rings. The summed E-state index contributed by atoms with van der Waals surface area (Å²) in [5.74, 6) is -0.158. The third-order valence-corrected chi connectivity index (χ3v) is 3.82. The molecular formula is C12H17N3O4S. The van der Waals surface area contributed by atoms with Crippen LogP contribution in [0.25, 0.3) is 0 Å². The van der Waals surface area contributed by atoms with Crippen LogP contribution >= 0.6 is 0 Å². The average Bonchev–Trinajstić information content (AvgIpc) is 2.70. The summed E-state index contributed by atoms with van der Waals surface area (Å²) in [5.41, 5.74) is 0.784. The van der Waals surface area contributed by atoms with E-state index >= 15 is 0 Å². The van der Waals surface area contributed by atoms with Crippen molar-refractivity contribution in [2.45, 2.75) is 18.6 Å². The van der Waals surface area contributed by atoms with Gasteiger partial charge in [-0.15, -0.1) is 0 Å². The van der Waals surface area contributed by atoms with Gasteiger partial charge in [0.25, 0.3) is 0 Å². The molecule has 0 unspecified atom stereocenters. The number of pyridine rings is 1. The first kappa shape index (κ1) is 14.9. The van der Waals surface area contributed by atoms with Gasteiger partial charge in [-0.25, -0.2) is 13.1 Å². The number of hydrogen-bond acceptors (Lipinski definition) is 5. The number of likely N-dealkylation sites (tertiary alicyclic amines) is 1. The third kappa shape index (κ3) is 3.99. The number of nitrogens with one attached hydrogen (secondary N) is 1. The number of carbonyl (C=O) groups excluding carboxylic acids is 1. The molecule has 110 valence electrons. The van der Waals surface area contributed by atoms with Gasteiger partial charge in [0.05, 0.1) is 24.8 Å². The Hall–Kier alpha value is -1.51. The number of aliphatic hydroxyl groups is 1. The molecule has 20 heavy (non-hydrogen) atoms. The van der Waals surface area contributed by atoms with Crippen LogP contribution in [0.3, 0.4) is 0 Å². The molecule has 1 aromatic heterocycles. The Morgan fingerprint density at radius 3 is 2.90 bits per heavy atom. The maximum Gasteiger partial charge on any atom is 0.227 e. The van der Waals surface area contributed by atoms with Gasteiger partial charge in [-0.2, -0.15) is 0 Å². The molecule has 0 spiro atoms. The maximum absolute atomic E-state index is 12.1. The fourth-order valence-electron chi connectivity index (χ4n) is 2.17. The monoisotopic (exact) mass is 299 g/mol. The second-order valence-electron chi connectivity index (χ2n) is 4.90. The van der Waals surface area contributed by atoms with Crippen molar-refractivity contribution in [1.82, 2.24) is 14.6 Å². The first-order chi connectivity index (χ1) is 9.35. The van der Waals surface area contributed by atoms with Crippen LogP contribution in [0, 0.1) is 0 Å². The number of sulfonamides is 1. The number of carbonyl (C=O) groups is 1. The number of nitrogens with zero attached hydrogens (tertiary/aromatic N) is 2. The Labute approximate surface area is 117 Å².